The van der Waals surface area contributed by atoms with E-state index in [1.807, 2.05) is 0 Å². The van der Waals surface area contributed by atoms with Gasteiger partial charge >= 0.3 is 0 Å². The highest BCUT2D eigenvalue weighted by molar-refractivity contribution is 5.14. The summed E-state index contributed by atoms with van der Waals surface area (Å²) in [7, 11) is 0. The molecule has 1 unspecified atom stereocenters. The molecule has 1 N–H and O–H groups in total. The molecular formula is C18H31N. The van der Waals surface area contributed by atoms with Crippen molar-refractivity contribution in [2.24, 2.45) is 5.41 Å². The molecule has 0 fully saturated rings. The lowest BCUT2D eigenvalue weighted by atomic mass is 9.87. The van der Waals surface area contributed by atoms with Gasteiger partial charge in [0.2, 0.25) is 0 Å². The van der Waals surface area contributed by atoms with Gasteiger partial charge in [0, 0.05) is 6.04 Å². The molecule has 1 heteroatoms. The zero-order valence-electron chi connectivity index (χ0n) is 13.2. The molecule has 0 saturated carbocycles. The molecule has 1 rings (SSSR count). The predicted octanol–water partition coefficient (Wildman–Crippen LogP) is 4.81. The minimum Gasteiger partial charge on any atom is -0.314 e. The number of hydrogen-bond acceptors (Lipinski definition) is 1. The number of nitrogens with one attached hydrogen (secondary N) is 1. The summed E-state index contributed by atoms with van der Waals surface area (Å²) in [4.78, 5) is 0. The van der Waals surface area contributed by atoms with Gasteiger partial charge in [-0.15, -0.1) is 0 Å². The van der Waals surface area contributed by atoms with Crippen LogP contribution in [-0.4, -0.2) is 12.6 Å². The van der Waals surface area contributed by atoms with Crippen LogP contribution in [-0.2, 0) is 6.42 Å². The van der Waals surface area contributed by atoms with Crippen LogP contribution in [0.4, 0.5) is 0 Å². The van der Waals surface area contributed by atoms with Gasteiger partial charge in [-0.3, -0.25) is 0 Å². The largest absolute Gasteiger partial charge is 0.314 e. The van der Waals surface area contributed by atoms with Gasteiger partial charge in [-0.25, -0.2) is 0 Å². The highest BCUT2D eigenvalue weighted by Crippen LogP contribution is 2.23. The van der Waals surface area contributed by atoms with E-state index in [9.17, 15) is 0 Å². The Labute approximate surface area is 119 Å². The number of benzene rings is 1. The Morgan fingerprint density at radius 1 is 1.05 bits per heavy atom. The van der Waals surface area contributed by atoms with Gasteiger partial charge in [0.05, 0.1) is 0 Å². The first-order valence-electron chi connectivity index (χ1n) is 7.78. The highest BCUT2D eigenvalue weighted by atomic mass is 14.9. The monoisotopic (exact) mass is 261 g/mol. The molecule has 1 atom stereocenters. The van der Waals surface area contributed by atoms with Crippen molar-refractivity contribution in [3.05, 3.63) is 35.9 Å². The normalized spacial score (nSPS) is 13.5. The summed E-state index contributed by atoms with van der Waals surface area (Å²) in [5.41, 5.74) is 1.92. The van der Waals surface area contributed by atoms with Gasteiger partial charge in [0.25, 0.3) is 0 Å². The Hall–Kier alpha value is -0.820. The second kappa shape index (κ2) is 8.37. The van der Waals surface area contributed by atoms with Crippen LogP contribution in [0, 0.1) is 5.41 Å². The van der Waals surface area contributed by atoms with Crippen molar-refractivity contribution >= 4 is 0 Å². The average Bonchev–Trinajstić information content (AvgIpc) is 2.36. The molecule has 1 aromatic carbocycles. The van der Waals surface area contributed by atoms with E-state index in [-0.39, 0.29) is 0 Å². The Morgan fingerprint density at radius 2 is 1.74 bits per heavy atom. The van der Waals surface area contributed by atoms with Crippen LogP contribution in [0.1, 0.15) is 58.9 Å². The van der Waals surface area contributed by atoms with Crippen LogP contribution in [0.2, 0.25) is 0 Å². The van der Waals surface area contributed by atoms with E-state index in [0.29, 0.717) is 11.5 Å². The molecule has 0 bridgehead atoms. The lowest BCUT2D eigenvalue weighted by molar-refractivity contribution is 0.322. The van der Waals surface area contributed by atoms with E-state index in [0.717, 1.165) is 6.54 Å². The van der Waals surface area contributed by atoms with Crippen LogP contribution in [0.3, 0.4) is 0 Å². The maximum absolute atomic E-state index is 3.64. The molecule has 1 aromatic rings. The first-order valence-corrected chi connectivity index (χ1v) is 7.78. The lowest BCUT2D eigenvalue weighted by Crippen LogP contribution is -2.30. The summed E-state index contributed by atoms with van der Waals surface area (Å²) < 4.78 is 0. The van der Waals surface area contributed by atoms with Crippen LogP contribution in [0.15, 0.2) is 30.3 Å². The van der Waals surface area contributed by atoms with E-state index in [1.165, 1.54) is 37.7 Å². The van der Waals surface area contributed by atoms with Crippen molar-refractivity contribution in [3.8, 4) is 0 Å². The smallest absolute Gasteiger partial charge is 0.00672 e. The van der Waals surface area contributed by atoms with Crippen molar-refractivity contribution in [1.29, 1.82) is 0 Å². The lowest BCUT2D eigenvalue weighted by Gasteiger charge is -2.23. The zero-order chi connectivity index (χ0) is 14.1. The second-order valence-electron chi connectivity index (χ2n) is 6.73. The van der Waals surface area contributed by atoms with Crippen molar-refractivity contribution in [2.75, 3.05) is 6.54 Å². The fourth-order valence-electron chi connectivity index (χ4n) is 2.44. The molecule has 0 heterocycles. The predicted molar refractivity (Wildman–Crippen MR) is 85.5 cm³/mol. The summed E-state index contributed by atoms with van der Waals surface area (Å²) in [6, 6.07) is 11.5. The molecule has 0 spiro atoms. The molecule has 0 aromatic heterocycles. The number of rotatable bonds is 8. The van der Waals surface area contributed by atoms with Gasteiger partial charge in [-0.05, 0) is 49.6 Å². The minimum atomic E-state index is 0.451. The Bertz CT molecular complexity index is 323. The molecule has 0 saturated heterocycles. The van der Waals surface area contributed by atoms with Crippen LogP contribution in [0.5, 0.6) is 0 Å². The summed E-state index contributed by atoms with van der Waals surface area (Å²) in [6.07, 6.45) is 6.38. The maximum Gasteiger partial charge on any atom is 0.00672 e. The SMILES string of the molecule is CCNC(CCCc1ccccc1)CCC(C)(C)C. The third-order valence-electron chi connectivity index (χ3n) is 3.60. The first kappa shape index (κ1) is 16.2. The minimum absolute atomic E-state index is 0.451. The number of aryl methyl sites for hydroxylation is 1. The van der Waals surface area contributed by atoms with Gasteiger partial charge in [-0.1, -0.05) is 58.0 Å². The quantitative estimate of drug-likeness (QED) is 0.708. The summed E-state index contributed by atoms with van der Waals surface area (Å²) in [6.45, 7) is 10.3. The molecule has 19 heavy (non-hydrogen) atoms. The van der Waals surface area contributed by atoms with Crippen molar-refractivity contribution in [2.45, 2.75) is 65.8 Å². The van der Waals surface area contributed by atoms with Gasteiger partial charge in [0.15, 0.2) is 0 Å². The van der Waals surface area contributed by atoms with Crippen molar-refractivity contribution in [3.63, 3.8) is 0 Å². The molecule has 0 amide bonds. The van der Waals surface area contributed by atoms with E-state index >= 15 is 0 Å². The number of hydrogen-bond donors (Lipinski definition) is 1. The van der Waals surface area contributed by atoms with E-state index in [2.05, 4.69) is 63.3 Å². The zero-order valence-corrected chi connectivity index (χ0v) is 13.2. The second-order valence-corrected chi connectivity index (χ2v) is 6.73. The molecule has 0 radical (unpaired) electrons. The van der Waals surface area contributed by atoms with E-state index < -0.39 is 0 Å². The van der Waals surface area contributed by atoms with Gasteiger partial charge < -0.3 is 5.32 Å². The standard InChI is InChI=1S/C18H31N/c1-5-19-17(14-15-18(2,3)4)13-9-12-16-10-7-6-8-11-16/h6-8,10-11,17,19H,5,9,12-15H2,1-4H3. The average molecular weight is 261 g/mol. The Balaban J connectivity index is 2.29. The third kappa shape index (κ3) is 8.05. The molecule has 108 valence electrons. The molecule has 0 aliphatic rings. The van der Waals surface area contributed by atoms with Gasteiger partial charge in [-0.2, -0.15) is 0 Å². The van der Waals surface area contributed by atoms with Gasteiger partial charge in [0.1, 0.15) is 0 Å². The first-order chi connectivity index (χ1) is 9.01. The Morgan fingerprint density at radius 3 is 2.32 bits per heavy atom. The topological polar surface area (TPSA) is 12.0 Å². The molecular weight excluding hydrogens is 230 g/mol. The molecule has 0 aliphatic carbocycles. The molecule has 1 nitrogen and oxygen atoms in total. The van der Waals surface area contributed by atoms with Crippen LogP contribution in [0.25, 0.3) is 0 Å². The summed E-state index contributed by atoms with van der Waals surface area (Å²) >= 11 is 0. The third-order valence-corrected chi connectivity index (χ3v) is 3.60. The molecule has 0 aliphatic heterocycles. The van der Waals surface area contributed by atoms with Crippen molar-refractivity contribution in [1.82, 2.24) is 5.32 Å². The van der Waals surface area contributed by atoms with E-state index in [4.69, 9.17) is 0 Å². The van der Waals surface area contributed by atoms with Crippen LogP contribution >= 0.6 is 0 Å². The van der Waals surface area contributed by atoms with Crippen LogP contribution < -0.4 is 5.32 Å². The maximum atomic E-state index is 3.64. The summed E-state index contributed by atoms with van der Waals surface area (Å²) in [5.74, 6) is 0. The highest BCUT2D eigenvalue weighted by Gasteiger charge is 2.14. The summed E-state index contributed by atoms with van der Waals surface area (Å²) in [5, 5.41) is 3.64. The van der Waals surface area contributed by atoms with Crippen molar-refractivity contribution < 1.29 is 0 Å². The Kier molecular flexibility index (Phi) is 7.15. The fourth-order valence-corrected chi connectivity index (χ4v) is 2.44. The fraction of sp³-hybridized carbons (Fsp3) is 0.667. The van der Waals surface area contributed by atoms with E-state index in [1.54, 1.807) is 0 Å².